The van der Waals surface area contributed by atoms with Gasteiger partial charge in [0, 0.05) is 23.9 Å². The van der Waals surface area contributed by atoms with Crippen LogP contribution in [0, 0.1) is 5.41 Å². The summed E-state index contributed by atoms with van der Waals surface area (Å²) >= 11 is 0. The molecule has 1 aliphatic rings. The van der Waals surface area contributed by atoms with Gasteiger partial charge in [0.1, 0.15) is 0 Å². The zero-order chi connectivity index (χ0) is 11.8. The van der Waals surface area contributed by atoms with E-state index in [2.05, 4.69) is 31.8 Å². The topological polar surface area (TPSA) is 38.9 Å². The molecule has 0 spiro atoms. The van der Waals surface area contributed by atoms with Crippen LogP contribution in [0.5, 0.6) is 0 Å². The van der Waals surface area contributed by atoms with Gasteiger partial charge in [-0.25, -0.2) is 0 Å². The predicted molar refractivity (Wildman–Crippen MR) is 67.3 cm³/mol. The molecule has 1 aliphatic carbocycles. The molecule has 0 saturated carbocycles. The van der Waals surface area contributed by atoms with Crippen molar-refractivity contribution in [2.45, 2.75) is 52.0 Å². The molecular weight excluding hydrogens is 196 g/mol. The summed E-state index contributed by atoms with van der Waals surface area (Å²) in [7, 11) is 0. The van der Waals surface area contributed by atoms with Crippen molar-refractivity contribution >= 4 is 0 Å². The van der Waals surface area contributed by atoms with Gasteiger partial charge in [-0.1, -0.05) is 26.8 Å². The Morgan fingerprint density at radius 3 is 2.88 bits per heavy atom. The molecule has 0 saturated heterocycles. The summed E-state index contributed by atoms with van der Waals surface area (Å²) in [6.45, 7) is 6.65. The fourth-order valence-electron chi connectivity index (χ4n) is 2.60. The minimum absolute atomic E-state index is 0.150. The van der Waals surface area contributed by atoms with Gasteiger partial charge in [0.15, 0.2) is 0 Å². The molecule has 0 fully saturated rings. The number of pyridine rings is 1. The van der Waals surface area contributed by atoms with Gasteiger partial charge in [-0.15, -0.1) is 0 Å². The first-order valence-electron chi connectivity index (χ1n) is 6.19. The zero-order valence-electron chi connectivity index (χ0n) is 10.5. The van der Waals surface area contributed by atoms with Crippen molar-refractivity contribution in [3.05, 3.63) is 29.6 Å². The third-order valence-electron chi connectivity index (χ3n) is 3.67. The van der Waals surface area contributed by atoms with Crippen LogP contribution >= 0.6 is 0 Å². The number of nitrogens with two attached hydrogens (primary N) is 1. The van der Waals surface area contributed by atoms with Crippen LogP contribution in [0.4, 0.5) is 0 Å². The van der Waals surface area contributed by atoms with Crippen molar-refractivity contribution < 1.29 is 0 Å². The molecule has 2 nitrogen and oxygen atoms in total. The Balaban J connectivity index is 2.32. The first kappa shape index (κ1) is 11.6. The molecule has 88 valence electrons. The fraction of sp³-hybridized carbons (Fsp3) is 0.643. The molecule has 0 bridgehead atoms. The first-order valence-corrected chi connectivity index (χ1v) is 6.19. The highest BCUT2D eigenvalue weighted by atomic mass is 14.8. The standard InChI is InChI=1S/C14H22N2/c1-14(2,3)13(15)11-8-4-6-10-7-5-9-16-12(10)11/h5,7,9,11,13H,4,6,8,15H2,1-3H3. The van der Waals surface area contributed by atoms with E-state index in [-0.39, 0.29) is 11.5 Å². The molecule has 0 aliphatic heterocycles. The lowest BCUT2D eigenvalue weighted by molar-refractivity contribution is 0.261. The number of rotatable bonds is 1. The summed E-state index contributed by atoms with van der Waals surface area (Å²) in [5, 5.41) is 0. The highest BCUT2D eigenvalue weighted by Gasteiger charge is 2.33. The second kappa shape index (κ2) is 4.17. The minimum Gasteiger partial charge on any atom is -0.327 e. The van der Waals surface area contributed by atoms with E-state index < -0.39 is 0 Å². The Hall–Kier alpha value is -0.890. The van der Waals surface area contributed by atoms with E-state index in [1.165, 1.54) is 24.1 Å². The van der Waals surface area contributed by atoms with Crippen LogP contribution in [-0.2, 0) is 6.42 Å². The molecule has 1 aromatic rings. The normalized spacial score (nSPS) is 22.6. The lowest BCUT2D eigenvalue weighted by Gasteiger charge is -2.36. The molecule has 1 aromatic heterocycles. The number of hydrogen-bond donors (Lipinski definition) is 1. The van der Waals surface area contributed by atoms with Gasteiger partial charge < -0.3 is 5.73 Å². The maximum atomic E-state index is 6.40. The van der Waals surface area contributed by atoms with Gasteiger partial charge >= 0.3 is 0 Å². The summed E-state index contributed by atoms with van der Waals surface area (Å²) < 4.78 is 0. The number of aromatic nitrogens is 1. The molecule has 0 aromatic carbocycles. The Labute approximate surface area is 98.3 Å². The largest absolute Gasteiger partial charge is 0.327 e. The average Bonchev–Trinajstić information content (AvgIpc) is 2.26. The molecule has 1 heterocycles. The van der Waals surface area contributed by atoms with E-state index in [1.807, 2.05) is 12.3 Å². The Kier molecular flexibility index (Phi) is 3.02. The van der Waals surface area contributed by atoms with E-state index in [0.717, 1.165) is 6.42 Å². The number of hydrogen-bond acceptors (Lipinski definition) is 2. The maximum Gasteiger partial charge on any atom is 0.0482 e. The summed E-state index contributed by atoms with van der Waals surface area (Å²) in [4.78, 5) is 4.56. The van der Waals surface area contributed by atoms with Gasteiger partial charge in [0.05, 0.1) is 0 Å². The molecule has 2 atom stereocenters. The molecule has 2 rings (SSSR count). The SMILES string of the molecule is CC(C)(C)C(N)C1CCCc2cccnc21. The number of nitrogens with zero attached hydrogens (tertiary/aromatic N) is 1. The second-order valence-electron chi connectivity index (χ2n) is 5.94. The Morgan fingerprint density at radius 2 is 2.19 bits per heavy atom. The van der Waals surface area contributed by atoms with Crippen molar-refractivity contribution in [2.24, 2.45) is 11.1 Å². The summed E-state index contributed by atoms with van der Waals surface area (Å²) in [5.74, 6) is 0.435. The maximum absolute atomic E-state index is 6.40. The van der Waals surface area contributed by atoms with Gasteiger partial charge in [-0.3, -0.25) is 4.98 Å². The molecule has 2 heteroatoms. The highest BCUT2D eigenvalue weighted by Crippen LogP contribution is 2.37. The van der Waals surface area contributed by atoms with E-state index in [9.17, 15) is 0 Å². The van der Waals surface area contributed by atoms with Crippen LogP contribution in [0.25, 0.3) is 0 Å². The molecule has 2 unspecified atom stereocenters. The van der Waals surface area contributed by atoms with Crippen molar-refractivity contribution in [3.8, 4) is 0 Å². The lowest BCUT2D eigenvalue weighted by atomic mass is 9.73. The quantitative estimate of drug-likeness (QED) is 0.787. The molecule has 0 amide bonds. The van der Waals surface area contributed by atoms with E-state index in [1.54, 1.807) is 0 Å². The monoisotopic (exact) mass is 218 g/mol. The van der Waals surface area contributed by atoms with E-state index in [4.69, 9.17) is 5.73 Å². The van der Waals surface area contributed by atoms with Crippen molar-refractivity contribution in [1.29, 1.82) is 0 Å². The van der Waals surface area contributed by atoms with Gasteiger partial charge in [-0.05, 0) is 36.3 Å². The first-order chi connectivity index (χ1) is 7.50. The predicted octanol–water partition coefficient (Wildman–Crippen LogP) is 2.87. The van der Waals surface area contributed by atoms with Crippen LogP contribution in [0.1, 0.15) is 50.8 Å². The third-order valence-corrected chi connectivity index (χ3v) is 3.67. The minimum atomic E-state index is 0.150. The van der Waals surface area contributed by atoms with Crippen LogP contribution < -0.4 is 5.73 Å². The second-order valence-corrected chi connectivity index (χ2v) is 5.94. The Morgan fingerprint density at radius 1 is 1.44 bits per heavy atom. The smallest absolute Gasteiger partial charge is 0.0482 e. The van der Waals surface area contributed by atoms with Crippen LogP contribution in [0.3, 0.4) is 0 Å². The van der Waals surface area contributed by atoms with Crippen molar-refractivity contribution in [1.82, 2.24) is 4.98 Å². The zero-order valence-corrected chi connectivity index (χ0v) is 10.5. The highest BCUT2D eigenvalue weighted by molar-refractivity contribution is 5.27. The van der Waals surface area contributed by atoms with Crippen LogP contribution in [0.15, 0.2) is 18.3 Å². The molecule has 0 radical (unpaired) electrons. The van der Waals surface area contributed by atoms with Crippen molar-refractivity contribution in [3.63, 3.8) is 0 Å². The average molecular weight is 218 g/mol. The summed E-state index contributed by atoms with van der Waals surface area (Å²) in [5.41, 5.74) is 9.20. The van der Waals surface area contributed by atoms with E-state index in [0.29, 0.717) is 5.92 Å². The van der Waals surface area contributed by atoms with E-state index >= 15 is 0 Å². The Bertz CT molecular complexity index is 365. The number of fused-ring (bicyclic) bond motifs is 1. The number of aryl methyl sites for hydroxylation is 1. The van der Waals surface area contributed by atoms with Crippen LogP contribution in [-0.4, -0.2) is 11.0 Å². The molecule has 16 heavy (non-hydrogen) atoms. The molecular formula is C14H22N2. The summed E-state index contributed by atoms with van der Waals surface area (Å²) in [6.07, 6.45) is 5.48. The fourth-order valence-corrected chi connectivity index (χ4v) is 2.60. The lowest BCUT2D eigenvalue weighted by Crippen LogP contribution is -2.42. The van der Waals surface area contributed by atoms with Gasteiger partial charge in [0.2, 0.25) is 0 Å². The van der Waals surface area contributed by atoms with Gasteiger partial charge in [0.25, 0.3) is 0 Å². The molecule has 2 N–H and O–H groups in total. The van der Waals surface area contributed by atoms with Crippen molar-refractivity contribution in [2.75, 3.05) is 0 Å². The third kappa shape index (κ3) is 2.12. The summed E-state index contributed by atoms with van der Waals surface area (Å²) in [6, 6.07) is 4.43. The van der Waals surface area contributed by atoms with Crippen LogP contribution in [0.2, 0.25) is 0 Å². The van der Waals surface area contributed by atoms with Gasteiger partial charge in [-0.2, -0.15) is 0 Å².